The molecule has 1 aliphatic rings. The summed E-state index contributed by atoms with van der Waals surface area (Å²) in [6.07, 6.45) is 1.44. The topological polar surface area (TPSA) is 73.4 Å². The summed E-state index contributed by atoms with van der Waals surface area (Å²) in [4.78, 5) is 25.0. The summed E-state index contributed by atoms with van der Waals surface area (Å²) in [7, 11) is 2.09. The summed E-state index contributed by atoms with van der Waals surface area (Å²) in [6.45, 7) is 3.72. The van der Waals surface area contributed by atoms with E-state index in [-0.39, 0.29) is 0 Å². The summed E-state index contributed by atoms with van der Waals surface area (Å²) in [5.41, 5.74) is 0.431. The molecule has 0 unspecified atom stereocenters. The van der Waals surface area contributed by atoms with Gasteiger partial charge in [0.15, 0.2) is 0 Å². The summed E-state index contributed by atoms with van der Waals surface area (Å²) >= 11 is 12.0. The first-order chi connectivity index (χ1) is 12.0. The number of likely N-dealkylation sites (N-methyl/N-ethyl adjacent to an activating group) is 1. The van der Waals surface area contributed by atoms with Crippen molar-refractivity contribution < 1.29 is 4.79 Å². The van der Waals surface area contributed by atoms with E-state index in [1.165, 1.54) is 6.33 Å². The van der Waals surface area contributed by atoms with E-state index in [0.717, 1.165) is 32.0 Å². The first-order valence-corrected chi connectivity index (χ1v) is 8.55. The number of piperazine rings is 1. The maximum Gasteiger partial charge on any atom is 0.324 e. The van der Waals surface area contributed by atoms with E-state index >= 15 is 0 Å². The molecule has 25 heavy (non-hydrogen) atoms. The number of rotatable bonds is 3. The van der Waals surface area contributed by atoms with E-state index in [2.05, 4.69) is 37.4 Å². The monoisotopic (exact) mass is 380 g/mol. The van der Waals surface area contributed by atoms with Crippen LogP contribution in [0.5, 0.6) is 0 Å². The van der Waals surface area contributed by atoms with Gasteiger partial charge in [-0.3, -0.25) is 5.32 Å². The Morgan fingerprint density at radius 2 is 1.84 bits per heavy atom. The van der Waals surface area contributed by atoms with Crippen LogP contribution < -0.4 is 15.5 Å². The van der Waals surface area contributed by atoms with Gasteiger partial charge < -0.3 is 15.1 Å². The van der Waals surface area contributed by atoms with Crippen LogP contribution >= 0.6 is 23.2 Å². The molecule has 2 aromatic rings. The van der Waals surface area contributed by atoms with Gasteiger partial charge in [-0.25, -0.2) is 14.8 Å². The van der Waals surface area contributed by atoms with Crippen molar-refractivity contribution in [3.8, 4) is 0 Å². The SMILES string of the molecule is CN1CCN(c2cc(NC(=O)Nc3cc(Cl)ccc3Cl)ncn2)CC1. The molecule has 0 radical (unpaired) electrons. The average Bonchev–Trinajstić information content (AvgIpc) is 2.59. The molecule has 1 aliphatic heterocycles. The van der Waals surface area contributed by atoms with E-state index in [0.29, 0.717) is 21.6 Å². The number of benzene rings is 1. The Balaban J connectivity index is 1.65. The van der Waals surface area contributed by atoms with Gasteiger partial charge in [-0.2, -0.15) is 0 Å². The molecule has 0 saturated carbocycles. The third-order valence-corrected chi connectivity index (χ3v) is 4.46. The van der Waals surface area contributed by atoms with E-state index < -0.39 is 6.03 Å². The van der Waals surface area contributed by atoms with Crippen LogP contribution in [0.4, 0.5) is 22.1 Å². The zero-order valence-electron chi connectivity index (χ0n) is 13.7. The molecule has 1 aromatic heterocycles. The minimum atomic E-state index is -0.452. The van der Waals surface area contributed by atoms with Gasteiger partial charge in [0.2, 0.25) is 0 Å². The highest BCUT2D eigenvalue weighted by Gasteiger charge is 2.16. The van der Waals surface area contributed by atoms with Crippen LogP contribution in [0.1, 0.15) is 0 Å². The smallest absolute Gasteiger partial charge is 0.324 e. The maximum absolute atomic E-state index is 12.2. The third kappa shape index (κ3) is 4.72. The fourth-order valence-electron chi connectivity index (χ4n) is 2.49. The molecule has 0 bridgehead atoms. The number of carbonyl (C=O) groups is 1. The Kier molecular flexibility index (Phi) is 5.57. The van der Waals surface area contributed by atoms with Gasteiger partial charge in [0.25, 0.3) is 0 Å². The summed E-state index contributed by atoms with van der Waals surface area (Å²) in [6, 6.07) is 6.16. The minimum Gasteiger partial charge on any atom is -0.354 e. The summed E-state index contributed by atoms with van der Waals surface area (Å²) in [5.74, 6) is 1.21. The summed E-state index contributed by atoms with van der Waals surface area (Å²) < 4.78 is 0. The van der Waals surface area contributed by atoms with Gasteiger partial charge in [-0.05, 0) is 25.2 Å². The van der Waals surface area contributed by atoms with Crippen molar-refractivity contribution in [1.82, 2.24) is 14.9 Å². The Morgan fingerprint density at radius 1 is 1.08 bits per heavy atom. The molecule has 1 fully saturated rings. The molecule has 132 valence electrons. The van der Waals surface area contributed by atoms with Gasteiger partial charge >= 0.3 is 6.03 Å². The number of halogens is 2. The second kappa shape index (κ2) is 7.86. The quantitative estimate of drug-likeness (QED) is 0.855. The first kappa shape index (κ1) is 17.7. The first-order valence-electron chi connectivity index (χ1n) is 7.80. The van der Waals surface area contributed by atoms with Crippen molar-refractivity contribution in [3.63, 3.8) is 0 Å². The molecule has 2 amide bonds. The average molecular weight is 381 g/mol. The number of nitrogens with zero attached hydrogens (tertiary/aromatic N) is 4. The van der Waals surface area contributed by atoms with Crippen LogP contribution in [-0.2, 0) is 0 Å². The van der Waals surface area contributed by atoms with Crippen LogP contribution in [0.25, 0.3) is 0 Å². The largest absolute Gasteiger partial charge is 0.354 e. The highest BCUT2D eigenvalue weighted by atomic mass is 35.5. The van der Waals surface area contributed by atoms with Gasteiger partial charge in [-0.1, -0.05) is 23.2 Å². The normalized spacial score (nSPS) is 15.1. The number of nitrogens with one attached hydrogen (secondary N) is 2. The van der Waals surface area contributed by atoms with Gasteiger partial charge in [-0.15, -0.1) is 0 Å². The lowest BCUT2D eigenvalue weighted by molar-refractivity contribution is 0.262. The van der Waals surface area contributed by atoms with Crippen LogP contribution in [0.15, 0.2) is 30.6 Å². The Bertz CT molecular complexity index is 764. The van der Waals surface area contributed by atoms with Crippen molar-refractivity contribution in [2.24, 2.45) is 0 Å². The molecule has 2 N–H and O–H groups in total. The number of hydrogen-bond acceptors (Lipinski definition) is 5. The molecule has 0 aliphatic carbocycles. The molecule has 0 atom stereocenters. The van der Waals surface area contributed by atoms with Crippen molar-refractivity contribution in [2.75, 3.05) is 48.8 Å². The van der Waals surface area contributed by atoms with Crippen molar-refractivity contribution in [1.29, 1.82) is 0 Å². The van der Waals surface area contributed by atoms with Crippen LogP contribution in [0.3, 0.4) is 0 Å². The molecular weight excluding hydrogens is 363 g/mol. The second-order valence-corrected chi connectivity index (χ2v) is 6.60. The van der Waals surface area contributed by atoms with Crippen LogP contribution in [0, 0.1) is 0 Å². The maximum atomic E-state index is 12.2. The Hall–Kier alpha value is -2.09. The van der Waals surface area contributed by atoms with Crippen molar-refractivity contribution in [3.05, 3.63) is 40.6 Å². The van der Waals surface area contributed by atoms with E-state index in [4.69, 9.17) is 23.2 Å². The lowest BCUT2D eigenvalue weighted by Gasteiger charge is -2.33. The fourth-order valence-corrected chi connectivity index (χ4v) is 2.82. The number of aromatic nitrogens is 2. The predicted octanol–water partition coefficient (Wildman–Crippen LogP) is 3.18. The van der Waals surface area contributed by atoms with Gasteiger partial charge in [0, 0.05) is 37.3 Å². The number of anilines is 3. The molecular formula is C16H18Cl2N6O. The zero-order valence-corrected chi connectivity index (χ0v) is 15.2. The summed E-state index contributed by atoms with van der Waals surface area (Å²) in [5, 5.41) is 6.23. The van der Waals surface area contributed by atoms with E-state index in [1.54, 1.807) is 24.3 Å². The molecule has 7 nitrogen and oxygen atoms in total. The fraction of sp³-hybridized carbons (Fsp3) is 0.312. The molecule has 0 spiro atoms. The lowest BCUT2D eigenvalue weighted by atomic mass is 10.3. The molecule has 1 saturated heterocycles. The molecule has 2 heterocycles. The Morgan fingerprint density at radius 3 is 2.60 bits per heavy atom. The van der Waals surface area contributed by atoms with Crippen molar-refractivity contribution in [2.45, 2.75) is 0 Å². The molecule has 3 rings (SSSR count). The Labute approximate surface area is 155 Å². The molecule has 1 aromatic carbocycles. The number of carbonyl (C=O) groups excluding carboxylic acids is 1. The van der Waals surface area contributed by atoms with Crippen molar-refractivity contribution >= 4 is 46.6 Å². The number of hydrogen-bond donors (Lipinski definition) is 2. The lowest BCUT2D eigenvalue weighted by Crippen LogP contribution is -2.44. The van der Waals surface area contributed by atoms with Crippen LogP contribution in [0.2, 0.25) is 10.0 Å². The van der Waals surface area contributed by atoms with E-state index in [1.807, 2.05) is 0 Å². The van der Waals surface area contributed by atoms with E-state index in [9.17, 15) is 4.79 Å². The zero-order chi connectivity index (χ0) is 17.8. The molecule has 9 heteroatoms. The highest BCUT2D eigenvalue weighted by molar-refractivity contribution is 6.35. The standard InChI is InChI=1S/C16H18Cl2N6O/c1-23-4-6-24(7-5-23)15-9-14(19-10-20-15)22-16(25)21-13-8-11(17)2-3-12(13)18/h2-3,8-10H,4-7H2,1H3,(H2,19,20,21,22,25). The van der Waals surface area contributed by atoms with Gasteiger partial charge in [0.1, 0.15) is 18.0 Å². The second-order valence-electron chi connectivity index (χ2n) is 5.76. The highest BCUT2D eigenvalue weighted by Crippen LogP contribution is 2.25. The van der Waals surface area contributed by atoms with Crippen LogP contribution in [-0.4, -0.2) is 54.1 Å². The number of urea groups is 1. The minimum absolute atomic E-state index is 0.403. The predicted molar refractivity (Wildman–Crippen MR) is 101 cm³/mol. The third-order valence-electron chi connectivity index (χ3n) is 3.90. The number of amides is 2. The van der Waals surface area contributed by atoms with Gasteiger partial charge in [0.05, 0.1) is 10.7 Å².